The molecular formula is C20H22N2O4. The zero-order valence-corrected chi connectivity index (χ0v) is 14.9. The van der Waals surface area contributed by atoms with Gasteiger partial charge in [-0.1, -0.05) is 12.1 Å². The summed E-state index contributed by atoms with van der Waals surface area (Å²) in [5.41, 5.74) is 2.04. The summed E-state index contributed by atoms with van der Waals surface area (Å²) >= 11 is 0. The van der Waals surface area contributed by atoms with Crippen LogP contribution in [0.5, 0.6) is 11.5 Å². The van der Waals surface area contributed by atoms with E-state index in [0.29, 0.717) is 29.3 Å². The van der Waals surface area contributed by atoms with Gasteiger partial charge in [-0.3, -0.25) is 9.59 Å². The molecule has 0 heterocycles. The van der Waals surface area contributed by atoms with Crippen molar-refractivity contribution in [3.05, 3.63) is 53.6 Å². The number of anilines is 1. The fourth-order valence-corrected chi connectivity index (χ4v) is 2.60. The second-order valence-corrected chi connectivity index (χ2v) is 6.22. The first-order valence-electron chi connectivity index (χ1n) is 8.50. The van der Waals surface area contributed by atoms with Crippen molar-refractivity contribution in [2.24, 2.45) is 5.92 Å². The molecule has 26 heavy (non-hydrogen) atoms. The zero-order chi connectivity index (χ0) is 18.5. The minimum absolute atomic E-state index is 0.0212. The van der Waals surface area contributed by atoms with Crippen molar-refractivity contribution in [3.63, 3.8) is 0 Å². The Bertz CT molecular complexity index is 815. The van der Waals surface area contributed by atoms with Crippen LogP contribution in [0, 0.1) is 5.92 Å². The van der Waals surface area contributed by atoms with E-state index in [1.54, 1.807) is 44.6 Å². The highest BCUT2D eigenvalue weighted by molar-refractivity contribution is 5.98. The second kappa shape index (κ2) is 7.91. The van der Waals surface area contributed by atoms with E-state index >= 15 is 0 Å². The van der Waals surface area contributed by atoms with Gasteiger partial charge >= 0.3 is 0 Å². The van der Waals surface area contributed by atoms with Crippen molar-refractivity contribution >= 4 is 17.5 Å². The number of methoxy groups -OCH3 is 2. The third-order valence-electron chi connectivity index (χ3n) is 4.24. The largest absolute Gasteiger partial charge is 0.493 e. The van der Waals surface area contributed by atoms with Gasteiger partial charge in [0.05, 0.1) is 14.2 Å². The van der Waals surface area contributed by atoms with Crippen molar-refractivity contribution in [2.45, 2.75) is 19.4 Å². The maximum atomic E-state index is 12.4. The first kappa shape index (κ1) is 17.8. The number of rotatable bonds is 7. The summed E-state index contributed by atoms with van der Waals surface area (Å²) in [4.78, 5) is 24.2. The number of benzene rings is 2. The molecule has 1 saturated carbocycles. The number of carbonyl (C=O) groups is 2. The minimum Gasteiger partial charge on any atom is -0.493 e. The minimum atomic E-state index is -0.206. The lowest BCUT2D eigenvalue weighted by molar-refractivity contribution is -0.117. The lowest BCUT2D eigenvalue weighted by Gasteiger charge is -2.11. The highest BCUT2D eigenvalue weighted by Crippen LogP contribution is 2.30. The van der Waals surface area contributed by atoms with Gasteiger partial charge in [-0.05, 0) is 48.7 Å². The lowest BCUT2D eigenvalue weighted by atomic mass is 10.1. The van der Waals surface area contributed by atoms with Gasteiger partial charge < -0.3 is 20.1 Å². The number of hydrogen-bond donors (Lipinski definition) is 2. The van der Waals surface area contributed by atoms with Crippen LogP contribution in [0.4, 0.5) is 5.69 Å². The molecular weight excluding hydrogens is 332 g/mol. The van der Waals surface area contributed by atoms with Crippen molar-refractivity contribution < 1.29 is 19.1 Å². The Labute approximate surface area is 152 Å². The normalized spacial score (nSPS) is 13.0. The molecule has 2 N–H and O–H groups in total. The average Bonchev–Trinajstić information content (AvgIpc) is 3.51. The molecule has 3 rings (SSSR count). The number of amides is 2. The molecule has 6 heteroatoms. The fraction of sp³-hybridized carbons (Fsp3) is 0.300. The van der Waals surface area contributed by atoms with Crippen LogP contribution in [-0.4, -0.2) is 26.0 Å². The first-order valence-corrected chi connectivity index (χ1v) is 8.50. The predicted octanol–water partition coefficient (Wildman–Crippen LogP) is 2.98. The Balaban J connectivity index is 1.62. The monoisotopic (exact) mass is 354 g/mol. The highest BCUT2D eigenvalue weighted by atomic mass is 16.5. The number of hydrogen-bond acceptors (Lipinski definition) is 4. The molecule has 2 aromatic carbocycles. The summed E-state index contributed by atoms with van der Waals surface area (Å²) in [6.07, 6.45) is 1.88. The molecule has 6 nitrogen and oxygen atoms in total. The fourth-order valence-electron chi connectivity index (χ4n) is 2.60. The van der Waals surface area contributed by atoms with Crippen molar-refractivity contribution in [1.29, 1.82) is 0 Å². The quantitative estimate of drug-likeness (QED) is 0.801. The molecule has 0 bridgehead atoms. The summed E-state index contributed by atoms with van der Waals surface area (Å²) in [6.45, 7) is 0.359. The summed E-state index contributed by atoms with van der Waals surface area (Å²) in [5, 5.41) is 5.72. The zero-order valence-electron chi connectivity index (χ0n) is 14.9. The maximum Gasteiger partial charge on any atom is 0.251 e. The van der Waals surface area contributed by atoms with Gasteiger partial charge in [0, 0.05) is 23.7 Å². The van der Waals surface area contributed by atoms with Gasteiger partial charge in [-0.15, -0.1) is 0 Å². The Morgan fingerprint density at radius 3 is 2.50 bits per heavy atom. The van der Waals surface area contributed by atoms with Crippen molar-refractivity contribution in [1.82, 2.24) is 5.32 Å². The maximum absolute atomic E-state index is 12.4. The molecule has 0 atom stereocenters. The predicted molar refractivity (Wildman–Crippen MR) is 98.5 cm³/mol. The highest BCUT2D eigenvalue weighted by Gasteiger charge is 2.29. The molecule has 0 unspecified atom stereocenters. The van der Waals surface area contributed by atoms with Crippen LogP contribution in [-0.2, 0) is 11.3 Å². The van der Waals surface area contributed by atoms with Gasteiger partial charge in [0.15, 0.2) is 11.5 Å². The third-order valence-corrected chi connectivity index (χ3v) is 4.24. The molecule has 1 aliphatic rings. The number of ether oxygens (including phenoxy) is 2. The van der Waals surface area contributed by atoms with E-state index in [0.717, 1.165) is 18.4 Å². The van der Waals surface area contributed by atoms with E-state index in [2.05, 4.69) is 10.6 Å². The van der Waals surface area contributed by atoms with Crippen LogP contribution in [0.3, 0.4) is 0 Å². The van der Waals surface area contributed by atoms with Gasteiger partial charge in [0.25, 0.3) is 5.91 Å². The van der Waals surface area contributed by atoms with Crippen molar-refractivity contribution in [2.75, 3.05) is 19.5 Å². The third kappa shape index (κ3) is 4.33. The number of carbonyl (C=O) groups excluding carboxylic acids is 2. The number of nitrogens with one attached hydrogen (secondary N) is 2. The Kier molecular flexibility index (Phi) is 5.41. The lowest BCUT2D eigenvalue weighted by Crippen LogP contribution is -2.23. The van der Waals surface area contributed by atoms with Gasteiger partial charge in [-0.25, -0.2) is 0 Å². The average molecular weight is 354 g/mol. The van der Waals surface area contributed by atoms with E-state index in [4.69, 9.17) is 9.47 Å². The molecule has 1 fully saturated rings. The van der Waals surface area contributed by atoms with Crippen LogP contribution in [0.1, 0.15) is 28.8 Å². The Hall–Kier alpha value is -3.02. The molecule has 1 aliphatic carbocycles. The molecule has 2 aromatic rings. The molecule has 2 amide bonds. The summed E-state index contributed by atoms with van der Waals surface area (Å²) in [7, 11) is 3.15. The Morgan fingerprint density at radius 1 is 1.04 bits per heavy atom. The van der Waals surface area contributed by atoms with E-state index in [9.17, 15) is 9.59 Å². The van der Waals surface area contributed by atoms with E-state index in [1.165, 1.54) is 0 Å². The molecule has 0 aliphatic heterocycles. The molecule has 136 valence electrons. The van der Waals surface area contributed by atoms with Crippen molar-refractivity contribution in [3.8, 4) is 11.5 Å². The summed E-state index contributed by atoms with van der Waals surface area (Å²) in [5.74, 6) is 1.19. The van der Waals surface area contributed by atoms with E-state index in [-0.39, 0.29) is 17.7 Å². The topological polar surface area (TPSA) is 76.7 Å². The van der Waals surface area contributed by atoms with Crippen LogP contribution in [0.15, 0.2) is 42.5 Å². The molecule has 0 radical (unpaired) electrons. The smallest absolute Gasteiger partial charge is 0.251 e. The Morgan fingerprint density at radius 2 is 1.81 bits per heavy atom. The van der Waals surface area contributed by atoms with Crippen LogP contribution in [0.25, 0.3) is 0 Å². The molecule has 0 spiro atoms. The molecule has 0 aromatic heterocycles. The summed E-state index contributed by atoms with van der Waals surface area (Å²) < 4.78 is 10.5. The molecule has 0 saturated heterocycles. The van der Waals surface area contributed by atoms with Crippen LogP contribution < -0.4 is 20.1 Å². The van der Waals surface area contributed by atoms with Gasteiger partial charge in [0.1, 0.15) is 0 Å². The van der Waals surface area contributed by atoms with E-state index < -0.39 is 0 Å². The SMILES string of the molecule is COc1ccc(CNC(=O)c2cccc(NC(=O)C3CC3)c2)cc1OC. The van der Waals surface area contributed by atoms with Gasteiger partial charge in [0.2, 0.25) is 5.91 Å². The summed E-state index contributed by atoms with van der Waals surface area (Å²) in [6, 6.07) is 12.4. The standard InChI is InChI=1S/C20H22N2O4/c1-25-17-9-6-13(10-18(17)26-2)12-21-19(23)15-4-3-5-16(11-15)22-20(24)14-7-8-14/h3-6,9-11,14H,7-8,12H2,1-2H3,(H,21,23)(H,22,24). The van der Waals surface area contributed by atoms with Crippen LogP contribution >= 0.6 is 0 Å². The van der Waals surface area contributed by atoms with Gasteiger partial charge in [-0.2, -0.15) is 0 Å². The first-order chi connectivity index (χ1) is 12.6. The second-order valence-electron chi connectivity index (χ2n) is 6.22. The van der Waals surface area contributed by atoms with Crippen LogP contribution in [0.2, 0.25) is 0 Å². The van der Waals surface area contributed by atoms with E-state index in [1.807, 2.05) is 12.1 Å².